The van der Waals surface area contributed by atoms with Crippen molar-refractivity contribution in [2.24, 2.45) is 7.05 Å². The lowest BCUT2D eigenvalue weighted by Crippen LogP contribution is -1.99. The number of aromatic nitrogens is 2. The highest BCUT2D eigenvalue weighted by molar-refractivity contribution is 5.77. The zero-order valence-corrected chi connectivity index (χ0v) is 10.6. The molecule has 1 heterocycles. The van der Waals surface area contributed by atoms with Gasteiger partial charge in [-0.25, -0.2) is 0 Å². The number of anilines is 1. The van der Waals surface area contributed by atoms with Crippen molar-refractivity contribution >= 4 is 5.82 Å². The van der Waals surface area contributed by atoms with Crippen molar-refractivity contribution in [2.75, 3.05) is 12.8 Å². The van der Waals surface area contributed by atoms with Gasteiger partial charge in [-0.3, -0.25) is 4.68 Å². The second-order valence-corrected chi connectivity index (χ2v) is 4.13. The topological polar surface area (TPSA) is 53.1 Å². The van der Waals surface area contributed by atoms with Gasteiger partial charge in [-0.1, -0.05) is 6.07 Å². The van der Waals surface area contributed by atoms with Gasteiger partial charge in [0.25, 0.3) is 0 Å². The number of nitrogen functional groups attached to an aromatic ring is 1. The molecule has 0 amide bonds. The highest BCUT2D eigenvalue weighted by atomic mass is 16.5. The Morgan fingerprint density at radius 2 is 1.88 bits per heavy atom. The van der Waals surface area contributed by atoms with Crippen molar-refractivity contribution in [1.82, 2.24) is 9.78 Å². The Labute approximate surface area is 101 Å². The largest absolute Gasteiger partial charge is 0.496 e. The van der Waals surface area contributed by atoms with E-state index in [4.69, 9.17) is 10.5 Å². The smallest absolute Gasteiger partial charge is 0.129 e. The highest BCUT2D eigenvalue weighted by Gasteiger charge is 2.13. The van der Waals surface area contributed by atoms with Gasteiger partial charge in [0.1, 0.15) is 11.6 Å². The van der Waals surface area contributed by atoms with Crippen LogP contribution in [0, 0.1) is 13.8 Å². The predicted octanol–water partition coefficient (Wildman–Crippen LogP) is 2.29. The normalized spacial score (nSPS) is 10.6. The molecule has 0 aliphatic heterocycles. The van der Waals surface area contributed by atoms with E-state index in [0.717, 1.165) is 22.4 Å². The summed E-state index contributed by atoms with van der Waals surface area (Å²) >= 11 is 0. The van der Waals surface area contributed by atoms with Crippen LogP contribution in [-0.4, -0.2) is 16.9 Å². The van der Waals surface area contributed by atoms with Crippen LogP contribution in [0.2, 0.25) is 0 Å². The summed E-state index contributed by atoms with van der Waals surface area (Å²) in [7, 11) is 3.52. The number of nitrogens with zero attached hydrogens (tertiary/aromatic N) is 2. The Hall–Kier alpha value is -1.97. The van der Waals surface area contributed by atoms with E-state index in [1.54, 1.807) is 18.0 Å². The molecule has 0 saturated carbocycles. The first kappa shape index (κ1) is 11.5. The van der Waals surface area contributed by atoms with E-state index in [1.807, 2.05) is 26.1 Å². The van der Waals surface area contributed by atoms with E-state index in [-0.39, 0.29) is 0 Å². The summed E-state index contributed by atoms with van der Waals surface area (Å²) < 4.78 is 6.97. The SMILES string of the molecule is COc1ccc(-c2cnn(C)c2N)c(C)c1C. The summed E-state index contributed by atoms with van der Waals surface area (Å²) in [5.41, 5.74) is 10.4. The maximum Gasteiger partial charge on any atom is 0.129 e. The van der Waals surface area contributed by atoms with Gasteiger partial charge in [-0.2, -0.15) is 5.10 Å². The van der Waals surface area contributed by atoms with Gasteiger partial charge >= 0.3 is 0 Å². The summed E-state index contributed by atoms with van der Waals surface area (Å²) in [6.07, 6.45) is 1.80. The molecular formula is C13H17N3O. The number of ether oxygens (including phenoxy) is 1. The van der Waals surface area contributed by atoms with Gasteiger partial charge in [0.05, 0.1) is 13.3 Å². The Kier molecular flexibility index (Phi) is 2.79. The summed E-state index contributed by atoms with van der Waals surface area (Å²) in [4.78, 5) is 0. The number of benzene rings is 1. The molecule has 0 bridgehead atoms. The molecule has 0 spiro atoms. The number of rotatable bonds is 2. The number of aryl methyl sites for hydroxylation is 1. The Morgan fingerprint density at radius 3 is 2.41 bits per heavy atom. The van der Waals surface area contributed by atoms with Crippen LogP contribution < -0.4 is 10.5 Å². The van der Waals surface area contributed by atoms with Gasteiger partial charge in [-0.15, -0.1) is 0 Å². The minimum atomic E-state index is 0.678. The van der Waals surface area contributed by atoms with Crippen LogP contribution in [0.25, 0.3) is 11.1 Å². The van der Waals surface area contributed by atoms with E-state index in [9.17, 15) is 0 Å². The maximum atomic E-state index is 5.99. The molecule has 0 saturated heterocycles. The molecule has 1 aromatic heterocycles. The van der Waals surface area contributed by atoms with Crippen LogP contribution in [-0.2, 0) is 7.05 Å². The Bertz CT molecular complexity index is 558. The quantitative estimate of drug-likeness (QED) is 0.862. The predicted molar refractivity (Wildman–Crippen MR) is 69.1 cm³/mol. The van der Waals surface area contributed by atoms with Gasteiger partial charge in [0.15, 0.2) is 0 Å². The maximum absolute atomic E-state index is 5.99. The summed E-state index contributed by atoms with van der Waals surface area (Å²) in [5, 5.41) is 4.17. The first-order valence-electron chi connectivity index (χ1n) is 5.48. The molecule has 1 aromatic carbocycles. The standard InChI is InChI=1S/C13H17N3O/c1-8-9(2)12(17-4)6-5-10(8)11-7-15-16(3)13(11)14/h5-7H,14H2,1-4H3. The van der Waals surface area contributed by atoms with Crippen LogP contribution in [0.5, 0.6) is 5.75 Å². The first-order chi connectivity index (χ1) is 8.06. The van der Waals surface area contributed by atoms with Crippen molar-refractivity contribution < 1.29 is 4.74 Å². The molecule has 2 N–H and O–H groups in total. The lowest BCUT2D eigenvalue weighted by atomic mass is 9.98. The molecule has 0 radical (unpaired) electrons. The van der Waals surface area contributed by atoms with E-state index in [0.29, 0.717) is 5.82 Å². The Balaban J connectivity index is 2.61. The summed E-state index contributed by atoms with van der Waals surface area (Å²) in [5.74, 6) is 1.58. The fourth-order valence-corrected chi connectivity index (χ4v) is 1.96. The molecular weight excluding hydrogens is 214 g/mol. The van der Waals surface area contributed by atoms with Crippen molar-refractivity contribution in [2.45, 2.75) is 13.8 Å². The molecule has 0 atom stereocenters. The number of hydrogen-bond acceptors (Lipinski definition) is 3. The van der Waals surface area contributed by atoms with E-state index in [2.05, 4.69) is 12.0 Å². The van der Waals surface area contributed by atoms with E-state index >= 15 is 0 Å². The molecule has 0 fully saturated rings. The average molecular weight is 231 g/mol. The third-order valence-corrected chi connectivity index (χ3v) is 3.23. The molecule has 90 valence electrons. The average Bonchev–Trinajstić information content (AvgIpc) is 2.64. The Morgan fingerprint density at radius 1 is 1.18 bits per heavy atom. The number of methoxy groups -OCH3 is 1. The summed E-state index contributed by atoms with van der Waals surface area (Å²) in [6, 6.07) is 3.98. The monoisotopic (exact) mass is 231 g/mol. The van der Waals surface area contributed by atoms with Crippen molar-refractivity contribution in [3.8, 4) is 16.9 Å². The number of nitrogens with two attached hydrogens (primary N) is 1. The molecule has 0 unspecified atom stereocenters. The van der Waals surface area contributed by atoms with Crippen LogP contribution in [0.1, 0.15) is 11.1 Å². The van der Waals surface area contributed by atoms with Crippen LogP contribution in [0.4, 0.5) is 5.82 Å². The second kappa shape index (κ2) is 4.13. The molecule has 0 aliphatic carbocycles. The molecule has 17 heavy (non-hydrogen) atoms. The molecule has 0 aliphatic rings. The van der Waals surface area contributed by atoms with Crippen LogP contribution in [0.15, 0.2) is 18.3 Å². The van der Waals surface area contributed by atoms with Gasteiger partial charge < -0.3 is 10.5 Å². The second-order valence-electron chi connectivity index (χ2n) is 4.13. The minimum Gasteiger partial charge on any atom is -0.496 e. The lowest BCUT2D eigenvalue weighted by Gasteiger charge is -2.12. The minimum absolute atomic E-state index is 0.678. The van der Waals surface area contributed by atoms with Crippen LogP contribution in [0.3, 0.4) is 0 Å². The summed E-state index contributed by atoms with van der Waals surface area (Å²) in [6.45, 7) is 4.11. The third-order valence-electron chi connectivity index (χ3n) is 3.23. The van der Waals surface area contributed by atoms with Crippen LogP contribution >= 0.6 is 0 Å². The van der Waals surface area contributed by atoms with Crippen molar-refractivity contribution in [3.05, 3.63) is 29.5 Å². The van der Waals surface area contributed by atoms with Crippen molar-refractivity contribution in [3.63, 3.8) is 0 Å². The first-order valence-corrected chi connectivity index (χ1v) is 5.48. The zero-order chi connectivity index (χ0) is 12.6. The molecule has 2 aromatic rings. The molecule has 4 heteroatoms. The molecule has 4 nitrogen and oxygen atoms in total. The zero-order valence-electron chi connectivity index (χ0n) is 10.6. The van der Waals surface area contributed by atoms with Gasteiger partial charge in [0.2, 0.25) is 0 Å². The van der Waals surface area contributed by atoms with Crippen molar-refractivity contribution in [1.29, 1.82) is 0 Å². The third kappa shape index (κ3) is 1.75. The number of hydrogen-bond donors (Lipinski definition) is 1. The van der Waals surface area contributed by atoms with Gasteiger partial charge in [-0.05, 0) is 36.6 Å². The molecule has 2 rings (SSSR count). The van der Waals surface area contributed by atoms with E-state index in [1.165, 1.54) is 5.56 Å². The fraction of sp³-hybridized carbons (Fsp3) is 0.308. The highest BCUT2D eigenvalue weighted by Crippen LogP contribution is 2.33. The van der Waals surface area contributed by atoms with Gasteiger partial charge in [0, 0.05) is 12.6 Å². The lowest BCUT2D eigenvalue weighted by molar-refractivity contribution is 0.411. The fourth-order valence-electron chi connectivity index (χ4n) is 1.96. The van der Waals surface area contributed by atoms with E-state index < -0.39 is 0 Å².